The molecule has 0 aromatic rings. The molecule has 5 rings (SSSR count). The Labute approximate surface area is 172 Å². The van der Waals surface area contributed by atoms with E-state index in [1.54, 1.807) is 0 Å². The van der Waals surface area contributed by atoms with Gasteiger partial charge in [-0.05, 0) is 112 Å². The molecule has 2 N–H and O–H groups in total. The molecule has 1 heterocycles. The Balaban J connectivity index is 0.000000932. The lowest BCUT2D eigenvalue weighted by Gasteiger charge is -2.60. The summed E-state index contributed by atoms with van der Waals surface area (Å²) in [4.78, 5) is 2.61. The summed E-state index contributed by atoms with van der Waals surface area (Å²) in [5, 5.41) is 21.8. The van der Waals surface area contributed by atoms with Gasteiger partial charge in [0.25, 0.3) is 0 Å². The molecule has 9 atom stereocenters. The molecule has 4 aliphatic carbocycles. The molecule has 5 fully saturated rings. The zero-order valence-electron chi connectivity index (χ0n) is 18.0. The van der Waals surface area contributed by atoms with Crippen LogP contribution in [0.4, 0.5) is 0 Å². The second kappa shape index (κ2) is 7.60. The second-order valence-corrected chi connectivity index (χ2v) is 11.1. The zero-order chi connectivity index (χ0) is 20.1. The standard InChI is InChI=1S/C23H39NO2.C2H2/c1-22-10-9-18-17(8-6-15-5-7-16(25)14-23(15,18)2)19(22)13-20(21(22)26)24-11-3-4-12-24;1-2/h15-21,25-26H,3-14H2,1-2H3;1-2H/t15?,16-,17?,18?,19?,20-,21-,22-,23-;/m0./s1. The van der Waals surface area contributed by atoms with Crippen molar-refractivity contribution < 1.29 is 10.2 Å². The molecule has 0 bridgehead atoms. The van der Waals surface area contributed by atoms with Crippen LogP contribution >= 0.6 is 0 Å². The van der Waals surface area contributed by atoms with E-state index in [4.69, 9.17) is 0 Å². The van der Waals surface area contributed by atoms with Crippen LogP contribution in [0.25, 0.3) is 0 Å². The molecule has 1 saturated heterocycles. The van der Waals surface area contributed by atoms with Gasteiger partial charge in [0.2, 0.25) is 0 Å². The third-order valence-corrected chi connectivity index (χ3v) is 10.2. The van der Waals surface area contributed by atoms with Crippen LogP contribution in [-0.2, 0) is 0 Å². The third-order valence-electron chi connectivity index (χ3n) is 10.2. The SMILES string of the molecule is C#C.C[C@]12C[C@@H](O)CCC1CCC1C2CC[C@@]2(C)C1C[C@H](N1CCCC1)[C@@H]2O. The van der Waals surface area contributed by atoms with Crippen LogP contribution in [0.2, 0.25) is 0 Å². The fourth-order valence-electron chi connectivity index (χ4n) is 8.74. The molecule has 158 valence electrons. The summed E-state index contributed by atoms with van der Waals surface area (Å²) in [6.07, 6.45) is 20.1. The van der Waals surface area contributed by atoms with Crippen LogP contribution in [0.15, 0.2) is 0 Å². The molecule has 28 heavy (non-hydrogen) atoms. The Morgan fingerprint density at radius 2 is 1.54 bits per heavy atom. The van der Waals surface area contributed by atoms with Crippen molar-refractivity contribution >= 4 is 0 Å². The highest BCUT2D eigenvalue weighted by molar-refractivity contribution is 5.13. The Hall–Kier alpha value is -0.560. The van der Waals surface area contributed by atoms with Crippen LogP contribution in [0, 0.1) is 47.3 Å². The van der Waals surface area contributed by atoms with E-state index < -0.39 is 0 Å². The van der Waals surface area contributed by atoms with Gasteiger partial charge in [0.15, 0.2) is 0 Å². The molecular formula is C25H41NO2. The number of fused-ring (bicyclic) bond motifs is 5. The molecule has 4 saturated carbocycles. The minimum atomic E-state index is -0.131. The molecule has 0 aromatic heterocycles. The van der Waals surface area contributed by atoms with Gasteiger partial charge in [-0.3, -0.25) is 4.90 Å². The smallest absolute Gasteiger partial charge is 0.0751 e. The Morgan fingerprint density at radius 3 is 2.25 bits per heavy atom. The van der Waals surface area contributed by atoms with Crippen molar-refractivity contribution in [2.24, 2.45) is 34.5 Å². The highest BCUT2D eigenvalue weighted by atomic mass is 16.3. The lowest BCUT2D eigenvalue weighted by molar-refractivity contribution is -0.138. The number of aliphatic hydroxyl groups is 2. The van der Waals surface area contributed by atoms with Gasteiger partial charge in [-0.1, -0.05) is 13.8 Å². The Kier molecular flexibility index (Phi) is 5.62. The second-order valence-electron chi connectivity index (χ2n) is 11.1. The van der Waals surface area contributed by atoms with Gasteiger partial charge < -0.3 is 10.2 Å². The van der Waals surface area contributed by atoms with E-state index in [1.165, 1.54) is 64.5 Å². The predicted octanol–water partition coefficient (Wildman–Crippen LogP) is 4.07. The van der Waals surface area contributed by atoms with Crippen molar-refractivity contribution in [2.45, 2.75) is 96.3 Å². The fraction of sp³-hybridized carbons (Fsp3) is 0.920. The Bertz CT molecular complexity index is 584. The van der Waals surface area contributed by atoms with E-state index in [1.807, 2.05) is 0 Å². The van der Waals surface area contributed by atoms with Crippen LogP contribution in [0.3, 0.4) is 0 Å². The topological polar surface area (TPSA) is 43.7 Å². The molecule has 1 aliphatic heterocycles. The lowest BCUT2D eigenvalue weighted by atomic mass is 9.45. The van der Waals surface area contributed by atoms with Crippen molar-refractivity contribution in [3.8, 4) is 12.8 Å². The van der Waals surface area contributed by atoms with Gasteiger partial charge in [0.1, 0.15) is 0 Å². The Morgan fingerprint density at radius 1 is 0.857 bits per heavy atom. The first kappa shape index (κ1) is 20.7. The average Bonchev–Trinajstić information content (AvgIpc) is 3.30. The summed E-state index contributed by atoms with van der Waals surface area (Å²) in [6.45, 7) is 7.33. The van der Waals surface area contributed by atoms with Gasteiger partial charge in [-0.15, -0.1) is 12.8 Å². The fourth-order valence-corrected chi connectivity index (χ4v) is 8.74. The summed E-state index contributed by atoms with van der Waals surface area (Å²) in [5.74, 6) is 3.08. The summed E-state index contributed by atoms with van der Waals surface area (Å²) in [5.41, 5.74) is 0.476. The van der Waals surface area contributed by atoms with Gasteiger partial charge in [-0.25, -0.2) is 0 Å². The molecule has 0 spiro atoms. The van der Waals surface area contributed by atoms with E-state index in [2.05, 4.69) is 31.6 Å². The van der Waals surface area contributed by atoms with E-state index in [0.29, 0.717) is 17.4 Å². The average molecular weight is 388 g/mol. The van der Waals surface area contributed by atoms with Crippen molar-refractivity contribution in [2.75, 3.05) is 13.1 Å². The normalized spacial score (nSPS) is 53.4. The van der Waals surface area contributed by atoms with Crippen molar-refractivity contribution in [1.29, 1.82) is 0 Å². The molecular weight excluding hydrogens is 346 g/mol. The minimum Gasteiger partial charge on any atom is -0.393 e. The predicted molar refractivity (Wildman–Crippen MR) is 114 cm³/mol. The number of terminal acetylenes is 1. The summed E-state index contributed by atoms with van der Waals surface area (Å²) < 4.78 is 0. The third kappa shape index (κ3) is 2.98. The largest absolute Gasteiger partial charge is 0.393 e. The lowest BCUT2D eigenvalue weighted by Crippen LogP contribution is -2.55. The van der Waals surface area contributed by atoms with E-state index in [-0.39, 0.29) is 17.6 Å². The number of aliphatic hydroxyl groups excluding tert-OH is 2. The maximum absolute atomic E-state index is 11.4. The summed E-state index contributed by atoms with van der Waals surface area (Å²) in [7, 11) is 0. The van der Waals surface area contributed by atoms with Crippen LogP contribution in [0.1, 0.15) is 78.1 Å². The molecule has 0 amide bonds. The quantitative estimate of drug-likeness (QED) is 0.667. The van der Waals surface area contributed by atoms with Gasteiger partial charge in [0.05, 0.1) is 12.2 Å². The van der Waals surface area contributed by atoms with E-state index in [9.17, 15) is 10.2 Å². The molecule has 5 aliphatic rings. The molecule has 4 unspecified atom stereocenters. The minimum absolute atomic E-state index is 0.0742. The summed E-state index contributed by atoms with van der Waals surface area (Å²) >= 11 is 0. The highest BCUT2D eigenvalue weighted by Crippen LogP contribution is 2.66. The van der Waals surface area contributed by atoms with Crippen molar-refractivity contribution in [3.63, 3.8) is 0 Å². The van der Waals surface area contributed by atoms with Gasteiger partial charge in [-0.2, -0.15) is 0 Å². The first-order chi connectivity index (χ1) is 13.4. The molecule has 0 aromatic carbocycles. The van der Waals surface area contributed by atoms with Crippen LogP contribution < -0.4 is 0 Å². The number of hydrogen-bond acceptors (Lipinski definition) is 3. The first-order valence-corrected chi connectivity index (χ1v) is 11.9. The van der Waals surface area contributed by atoms with Crippen LogP contribution in [-0.4, -0.2) is 46.5 Å². The van der Waals surface area contributed by atoms with E-state index in [0.717, 1.165) is 30.6 Å². The number of rotatable bonds is 1. The van der Waals surface area contributed by atoms with Crippen LogP contribution in [0.5, 0.6) is 0 Å². The zero-order valence-corrected chi connectivity index (χ0v) is 18.0. The number of likely N-dealkylation sites (tertiary alicyclic amines) is 1. The van der Waals surface area contributed by atoms with Gasteiger partial charge in [0, 0.05) is 6.04 Å². The number of hydrogen-bond donors (Lipinski definition) is 2. The van der Waals surface area contributed by atoms with Crippen molar-refractivity contribution in [3.05, 3.63) is 0 Å². The molecule has 3 heteroatoms. The highest BCUT2D eigenvalue weighted by Gasteiger charge is 2.62. The maximum Gasteiger partial charge on any atom is 0.0751 e. The van der Waals surface area contributed by atoms with E-state index >= 15 is 0 Å². The maximum atomic E-state index is 11.4. The monoisotopic (exact) mass is 387 g/mol. The van der Waals surface area contributed by atoms with Gasteiger partial charge >= 0.3 is 0 Å². The number of nitrogens with zero attached hydrogens (tertiary/aromatic N) is 1. The van der Waals surface area contributed by atoms with Crippen molar-refractivity contribution in [1.82, 2.24) is 4.90 Å². The first-order valence-electron chi connectivity index (χ1n) is 11.9. The molecule has 0 radical (unpaired) electrons. The summed E-state index contributed by atoms with van der Waals surface area (Å²) in [6, 6.07) is 0.411. The molecule has 3 nitrogen and oxygen atoms in total.